The Bertz CT molecular complexity index is 1150. The van der Waals surface area contributed by atoms with Crippen LogP contribution in [0.15, 0.2) is 30.6 Å². The Morgan fingerprint density at radius 3 is 2.75 bits per heavy atom. The summed E-state index contributed by atoms with van der Waals surface area (Å²) in [5.41, 5.74) is 3.78. The van der Waals surface area contributed by atoms with Gasteiger partial charge in [-0.15, -0.1) is 0 Å². The third-order valence-corrected chi connectivity index (χ3v) is 4.31. The van der Waals surface area contributed by atoms with Crippen LogP contribution in [0, 0.1) is 6.92 Å². The van der Waals surface area contributed by atoms with Crippen LogP contribution in [0.3, 0.4) is 0 Å². The molecular weight excluding hydrogens is 358 g/mol. The first-order chi connectivity index (χ1) is 13.6. The van der Waals surface area contributed by atoms with E-state index in [1.807, 2.05) is 45.2 Å². The number of carbonyl (C=O) groups is 1. The molecule has 3 aromatic heterocycles. The van der Waals surface area contributed by atoms with Crippen molar-refractivity contribution in [3.8, 4) is 22.9 Å². The summed E-state index contributed by atoms with van der Waals surface area (Å²) in [7, 11) is 1.83. The summed E-state index contributed by atoms with van der Waals surface area (Å²) in [5.74, 6) is 1.30. The largest absolute Gasteiger partial charge is 0.338 e. The first kappa shape index (κ1) is 17.6. The number of urea groups is 1. The molecule has 0 saturated carbocycles. The number of hydrogen-bond acceptors (Lipinski definition) is 6. The number of nitrogens with zero attached hydrogens (tertiary/aromatic N) is 6. The fourth-order valence-corrected chi connectivity index (χ4v) is 2.97. The van der Waals surface area contributed by atoms with Crippen molar-refractivity contribution in [2.75, 3.05) is 11.9 Å². The molecule has 142 valence electrons. The summed E-state index contributed by atoms with van der Waals surface area (Å²) in [6.45, 7) is 4.34. The SMILES string of the molecule is CCNC(=O)Nc1nc(-c2ccccc2C)c2nc(-c3ncn[nH]3)n(C)c2n1. The molecule has 0 aliphatic heterocycles. The molecule has 3 N–H and O–H groups in total. The number of carbonyl (C=O) groups excluding carboxylic acids is 1. The zero-order valence-electron chi connectivity index (χ0n) is 15.7. The number of aryl methyl sites for hydroxylation is 2. The number of rotatable bonds is 4. The van der Waals surface area contributed by atoms with Crippen LogP contribution in [0.4, 0.5) is 10.7 Å². The second kappa shape index (κ2) is 7.06. The van der Waals surface area contributed by atoms with Gasteiger partial charge in [0.1, 0.15) is 17.5 Å². The Kier molecular flexibility index (Phi) is 4.44. The molecule has 10 nitrogen and oxygen atoms in total. The van der Waals surface area contributed by atoms with E-state index in [1.54, 1.807) is 4.57 Å². The lowest BCUT2D eigenvalue weighted by Crippen LogP contribution is -2.29. The molecule has 2 amide bonds. The van der Waals surface area contributed by atoms with Crippen LogP contribution in [0.1, 0.15) is 12.5 Å². The summed E-state index contributed by atoms with van der Waals surface area (Å²) in [5, 5.41) is 12.1. The zero-order valence-corrected chi connectivity index (χ0v) is 15.7. The van der Waals surface area contributed by atoms with Crippen LogP contribution in [0.2, 0.25) is 0 Å². The molecule has 0 aliphatic rings. The van der Waals surface area contributed by atoms with Crippen molar-refractivity contribution in [1.29, 1.82) is 0 Å². The number of amides is 2. The molecule has 3 heterocycles. The standard InChI is InChI=1S/C18H19N9O/c1-4-19-18(28)25-17-23-12(11-8-6-5-7-10(11)2)13-15(24-17)27(3)16(22-13)14-20-9-21-26-14/h5-9H,4H2,1-3H3,(H,20,21,26)(H2,19,23,24,25,28). The predicted octanol–water partition coefficient (Wildman–Crippen LogP) is 2.27. The predicted molar refractivity (Wildman–Crippen MR) is 105 cm³/mol. The van der Waals surface area contributed by atoms with Gasteiger partial charge in [-0.3, -0.25) is 10.4 Å². The Hall–Kier alpha value is -3.82. The first-order valence-electron chi connectivity index (χ1n) is 8.79. The van der Waals surface area contributed by atoms with Crippen molar-refractivity contribution in [3.05, 3.63) is 36.2 Å². The van der Waals surface area contributed by atoms with E-state index in [4.69, 9.17) is 4.98 Å². The lowest BCUT2D eigenvalue weighted by molar-refractivity contribution is 0.252. The molecule has 0 fully saturated rings. The third-order valence-electron chi connectivity index (χ3n) is 4.31. The van der Waals surface area contributed by atoms with Crippen molar-refractivity contribution in [1.82, 2.24) is 40.0 Å². The zero-order chi connectivity index (χ0) is 19.7. The van der Waals surface area contributed by atoms with Gasteiger partial charge < -0.3 is 9.88 Å². The van der Waals surface area contributed by atoms with Gasteiger partial charge in [-0.05, 0) is 19.4 Å². The van der Waals surface area contributed by atoms with Gasteiger partial charge in [0.25, 0.3) is 0 Å². The Morgan fingerprint density at radius 2 is 2.04 bits per heavy atom. The normalized spacial score (nSPS) is 11.0. The van der Waals surface area contributed by atoms with Crippen molar-refractivity contribution in [2.45, 2.75) is 13.8 Å². The van der Waals surface area contributed by atoms with Gasteiger partial charge in [-0.25, -0.2) is 19.7 Å². The average molecular weight is 377 g/mol. The van der Waals surface area contributed by atoms with Crippen molar-refractivity contribution >= 4 is 23.1 Å². The molecule has 0 spiro atoms. The molecule has 4 rings (SSSR count). The van der Waals surface area contributed by atoms with E-state index in [2.05, 4.69) is 35.8 Å². The third kappa shape index (κ3) is 3.04. The molecule has 0 saturated heterocycles. The van der Waals surface area contributed by atoms with Gasteiger partial charge >= 0.3 is 6.03 Å². The highest BCUT2D eigenvalue weighted by atomic mass is 16.2. The highest BCUT2D eigenvalue weighted by Crippen LogP contribution is 2.31. The van der Waals surface area contributed by atoms with E-state index >= 15 is 0 Å². The first-order valence-corrected chi connectivity index (χ1v) is 8.79. The van der Waals surface area contributed by atoms with Crippen LogP contribution in [0.25, 0.3) is 34.1 Å². The molecule has 28 heavy (non-hydrogen) atoms. The minimum atomic E-state index is -0.366. The van der Waals surface area contributed by atoms with Crippen molar-refractivity contribution in [3.63, 3.8) is 0 Å². The maximum Gasteiger partial charge on any atom is 0.321 e. The summed E-state index contributed by atoms with van der Waals surface area (Å²) in [4.78, 5) is 30.0. The Labute approximate surface area is 160 Å². The second-order valence-corrected chi connectivity index (χ2v) is 6.20. The van der Waals surface area contributed by atoms with Gasteiger partial charge in [0.15, 0.2) is 17.3 Å². The van der Waals surface area contributed by atoms with Gasteiger partial charge in [0.05, 0.1) is 0 Å². The van der Waals surface area contributed by atoms with E-state index in [0.717, 1.165) is 11.1 Å². The molecule has 4 aromatic rings. The van der Waals surface area contributed by atoms with Gasteiger partial charge in [0, 0.05) is 19.2 Å². The average Bonchev–Trinajstić information content (AvgIpc) is 3.31. The lowest BCUT2D eigenvalue weighted by Gasteiger charge is -2.09. The van der Waals surface area contributed by atoms with Crippen LogP contribution >= 0.6 is 0 Å². The van der Waals surface area contributed by atoms with Gasteiger partial charge in [0.2, 0.25) is 5.95 Å². The molecule has 10 heteroatoms. The molecule has 0 bridgehead atoms. The second-order valence-electron chi connectivity index (χ2n) is 6.20. The van der Waals surface area contributed by atoms with E-state index in [9.17, 15) is 4.79 Å². The van der Waals surface area contributed by atoms with E-state index in [0.29, 0.717) is 35.1 Å². The van der Waals surface area contributed by atoms with Gasteiger partial charge in [-0.1, -0.05) is 24.3 Å². The van der Waals surface area contributed by atoms with Crippen LogP contribution in [-0.4, -0.2) is 47.3 Å². The number of fused-ring (bicyclic) bond motifs is 1. The van der Waals surface area contributed by atoms with Crippen molar-refractivity contribution in [2.24, 2.45) is 7.05 Å². The number of nitrogens with one attached hydrogen (secondary N) is 3. The molecular formula is C18H19N9O. The number of anilines is 1. The molecule has 0 unspecified atom stereocenters. The monoisotopic (exact) mass is 377 g/mol. The molecule has 0 radical (unpaired) electrons. The summed E-state index contributed by atoms with van der Waals surface area (Å²) in [6.07, 6.45) is 1.42. The maximum absolute atomic E-state index is 12.0. The van der Waals surface area contributed by atoms with Gasteiger partial charge in [-0.2, -0.15) is 10.1 Å². The molecule has 0 aliphatic carbocycles. The highest BCUT2D eigenvalue weighted by Gasteiger charge is 2.20. The molecule has 1 aromatic carbocycles. The number of aromatic amines is 1. The van der Waals surface area contributed by atoms with Crippen LogP contribution < -0.4 is 10.6 Å². The highest BCUT2D eigenvalue weighted by molar-refractivity contribution is 5.94. The minimum absolute atomic E-state index is 0.198. The van der Waals surface area contributed by atoms with E-state index < -0.39 is 0 Å². The summed E-state index contributed by atoms with van der Waals surface area (Å²) >= 11 is 0. The van der Waals surface area contributed by atoms with E-state index in [-0.39, 0.29) is 12.0 Å². The number of benzene rings is 1. The number of aromatic nitrogens is 7. The smallest absolute Gasteiger partial charge is 0.321 e. The number of hydrogen-bond donors (Lipinski definition) is 3. The van der Waals surface area contributed by atoms with Crippen molar-refractivity contribution < 1.29 is 4.79 Å². The molecule has 0 atom stereocenters. The topological polar surface area (TPSA) is 126 Å². The fourth-order valence-electron chi connectivity index (χ4n) is 2.97. The fraction of sp³-hybridized carbons (Fsp3) is 0.222. The van der Waals surface area contributed by atoms with Crippen LogP contribution in [-0.2, 0) is 7.05 Å². The number of H-pyrrole nitrogens is 1. The Balaban J connectivity index is 1.95. The lowest BCUT2D eigenvalue weighted by atomic mass is 10.1. The number of imidazole rings is 1. The van der Waals surface area contributed by atoms with Crippen LogP contribution in [0.5, 0.6) is 0 Å². The summed E-state index contributed by atoms with van der Waals surface area (Å²) < 4.78 is 1.79. The minimum Gasteiger partial charge on any atom is -0.338 e. The maximum atomic E-state index is 12.0. The van der Waals surface area contributed by atoms with E-state index in [1.165, 1.54) is 6.33 Å². The Morgan fingerprint density at radius 1 is 1.21 bits per heavy atom. The quantitative estimate of drug-likeness (QED) is 0.501. The summed E-state index contributed by atoms with van der Waals surface area (Å²) in [6, 6.07) is 7.50.